The smallest absolute Gasteiger partial charge is 0.227 e. The van der Waals surface area contributed by atoms with Gasteiger partial charge < -0.3 is 10.6 Å². The Morgan fingerprint density at radius 2 is 2.15 bits per heavy atom. The molecule has 1 aromatic rings. The monoisotopic (exact) mass is 274 g/mol. The van der Waals surface area contributed by atoms with Crippen molar-refractivity contribution in [3.05, 3.63) is 35.9 Å². The van der Waals surface area contributed by atoms with Crippen LogP contribution in [-0.4, -0.2) is 25.5 Å². The molecule has 0 aliphatic carbocycles. The molecule has 0 radical (unpaired) electrons. The molecule has 110 valence electrons. The van der Waals surface area contributed by atoms with E-state index in [9.17, 15) is 4.79 Å². The van der Waals surface area contributed by atoms with Crippen molar-refractivity contribution in [2.24, 2.45) is 5.41 Å². The summed E-state index contributed by atoms with van der Waals surface area (Å²) in [4.78, 5) is 12.4. The quantitative estimate of drug-likeness (QED) is 0.837. The maximum atomic E-state index is 12.4. The number of nitrogens with one attached hydrogen (secondary N) is 2. The number of carbonyl (C=O) groups is 1. The summed E-state index contributed by atoms with van der Waals surface area (Å²) in [6, 6.07) is 10.5. The van der Waals surface area contributed by atoms with E-state index < -0.39 is 0 Å². The number of amides is 1. The molecule has 1 fully saturated rings. The highest BCUT2D eigenvalue weighted by molar-refractivity contribution is 5.83. The average molecular weight is 274 g/mol. The van der Waals surface area contributed by atoms with Crippen molar-refractivity contribution in [1.82, 2.24) is 10.6 Å². The van der Waals surface area contributed by atoms with Gasteiger partial charge in [-0.3, -0.25) is 4.79 Å². The summed E-state index contributed by atoms with van der Waals surface area (Å²) in [6.07, 6.45) is 2.87. The van der Waals surface area contributed by atoms with E-state index in [0.29, 0.717) is 5.92 Å². The van der Waals surface area contributed by atoms with E-state index in [1.807, 2.05) is 6.07 Å². The third-order valence-corrected chi connectivity index (χ3v) is 4.63. The largest absolute Gasteiger partial charge is 0.356 e. The van der Waals surface area contributed by atoms with Crippen LogP contribution in [0.1, 0.15) is 44.6 Å². The Balaban J connectivity index is 1.79. The van der Waals surface area contributed by atoms with Crippen molar-refractivity contribution < 1.29 is 4.79 Å². The first kappa shape index (κ1) is 15.0. The Labute approximate surface area is 122 Å². The zero-order valence-electron chi connectivity index (χ0n) is 12.6. The zero-order valence-corrected chi connectivity index (χ0v) is 12.6. The summed E-state index contributed by atoms with van der Waals surface area (Å²) in [5.74, 6) is 0.709. The first-order valence-electron chi connectivity index (χ1n) is 7.72. The number of hydrogen-bond acceptors (Lipinski definition) is 2. The highest BCUT2D eigenvalue weighted by Gasteiger charge is 2.39. The predicted octanol–water partition coefficient (Wildman–Crippen LogP) is 2.69. The van der Waals surface area contributed by atoms with E-state index >= 15 is 0 Å². The topological polar surface area (TPSA) is 41.1 Å². The minimum atomic E-state index is -0.171. The van der Waals surface area contributed by atoms with Crippen LogP contribution in [0.25, 0.3) is 0 Å². The van der Waals surface area contributed by atoms with Gasteiger partial charge in [0.05, 0.1) is 5.41 Å². The molecular weight excluding hydrogens is 248 g/mol. The van der Waals surface area contributed by atoms with Crippen LogP contribution in [0.2, 0.25) is 0 Å². The lowest BCUT2D eigenvalue weighted by Gasteiger charge is -2.25. The normalized spacial score (nSPS) is 23.5. The summed E-state index contributed by atoms with van der Waals surface area (Å²) in [7, 11) is 0. The zero-order chi connectivity index (χ0) is 14.4. The molecule has 1 amide bonds. The van der Waals surface area contributed by atoms with Gasteiger partial charge in [0.15, 0.2) is 0 Å². The maximum Gasteiger partial charge on any atom is 0.227 e. The Bertz CT molecular complexity index is 424. The molecule has 1 saturated heterocycles. The molecule has 0 saturated carbocycles. The molecule has 2 N–H and O–H groups in total. The van der Waals surface area contributed by atoms with Crippen LogP contribution >= 0.6 is 0 Å². The standard InChI is InChI=1S/C17H26N2O/c1-3-17(10-12-18-13-17)16(20)19-11-9-14(2)15-7-5-4-6-8-15/h4-8,14,18H,3,9-13H2,1-2H3,(H,19,20). The van der Waals surface area contributed by atoms with Gasteiger partial charge in [-0.05, 0) is 37.3 Å². The van der Waals surface area contributed by atoms with E-state index in [1.54, 1.807) is 0 Å². The molecule has 0 aromatic heterocycles. The van der Waals surface area contributed by atoms with Crippen molar-refractivity contribution in [1.29, 1.82) is 0 Å². The Morgan fingerprint density at radius 3 is 2.75 bits per heavy atom. The average Bonchev–Trinajstić information content (AvgIpc) is 2.98. The summed E-state index contributed by atoms with van der Waals surface area (Å²) < 4.78 is 0. The van der Waals surface area contributed by atoms with Crippen molar-refractivity contribution >= 4 is 5.91 Å². The molecule has 20 heavy (non-hydrogen) atoms. The van der Waals surface area contributed by atoms with E-state index in [0.717, 1.165) is 38.9 Å². The van der Waals surface area contributed by atoms with Crippen LogP contribution in [0.3, 0.4) is 0 Å². The van der Waals surface area contributed by atoms with Crippen molar-refractivity contribution in [3.8, 4) is 0 Å². The van der Waals surface area contributed by atoms with Gasteiger partial charge in [-0.1, -0.05) is 44.2 Å². The maximum absolute atomic E-state index is 12.4. The molecule has 1 heterocycles. The van der Waals surface area contributed by atoms with Gasteiger partial charge >= 0.3 is 0 Å². The molecule has 3 heteroatoms. The van der Waals surface area contributed by atoms with Crippen LogP contribution in [0.15, 0.2) is 30.3 Å². The SMILES string of the molecule is CCC1(C(=O)NCCC(C)c2ccccc2)CCNC1. The highest BCUT2D eigenvalue weighted by Crippen LogP contribution is 2.29. The van der Waals surface area contributed by atoms with E-state index in [1.165, 1.54) is 5.56 Å². The van der Waals surface area contributed by atoms with Gasteiger partial charge in [-0.25, -0.2) is 0 Å². The Hall–Kier alpha value is -1.35. The highest BCUT2D eigenvalue weighted by atomic mass is 16.2. The molecule has 3 nitrogen and oxygen atoms in total. The van der Waals surface area contributed by atoms with Crippen molar-refractivity contribution in [3.63, 3.8) is 0 Å². The van der Waals surface area contributed by atoms with Crippen molar-refractivity contribution in [2.75, 3.05) is 19.6 Å². The summed E-state index contributed by atoms with van der Waals surface area (Å²) in [5, 5.41) is 6.45. The molecule has 1 aliphatic heterocycles. The lowest BCUT2D eigenvalue weighted by molar-refractivity contribution is -0.130. The van der Waals surface area contributed by atoms with E-state index in [2.05, 4.69) is 48.7 Å². The Morgan fingerprint density at radius 1 is 1.40 bits per heavy atom. The molecule has 2 rings (SSSR count). The van der Waals surface area contributed by atoms with E-state index in [4.69, 9.17) is 0 Å². The van der Waals surface area contributed by atoms with Crippen LogP contribution in [0, 0.1) is 5.41 Å². The minimum absolute atomic E-state index is 0.171. The molecular formula is C17H26N2O. The second-order valence-electron chi connectivity index (χ2n) is 5.92. The van der Waals surface area contributed by atoms with Gasteiger partial charge in [0, 0.05) is 13.1 Å². The molecule has 2 unspecified atom stereocenters. The molecule has 1 aromatic carbocycles. The third kappa shape index (κ3) is 3.40. The summed E-state index contributed by atoms with van der Waals surface area (Å²) in [6.45, 7) is 6.87. The third-order valence-electron chi connectivity index (χ3n) is 4.63. The summed E-state index contributed by atoms with van der Waals surface area (Å²) in [5.41, 5.74) is 1.17. The predicted molar refractivity (Wildman–Crippen MR) is 82.7 cm³/mol. The Kier molecular flexibility index (Phi) is 5.18. The van der Waals surface area contributed by atoms with Crippen LogP contribution in [0.4, 0.5) is 0 Å². The molecule has 0 spiro atoms. The lowest BCUT2D eigenvalue weighted by Crippen LogP contribution is -2.42. The second kappa shape index (κ2) is 6.89. The van der Waals surface area contributed by atoms with Crippen molar-refractivity contribution in [2.45, 2.75) is 39.0 Å². The second-order valence-corrected chi connectivity index (χ2v) is 5.92. The minimum Gasteiger partial charge on any atom is -0.356 e. The van der Waals surface area contributed by atoms with Gasteiger partial charge in [0.1, 0.15) is 0 Å². The number of rotatable bonds is 6. The fourth-order valence-electron chi connectivity index (χ4n) is 2.94. The van der Waals surface area contributed by atoms with Gasteiger partial charge in [-0.15, -0.1) is 0 Å². The molecule has 0 bridgehead atoms. The van der Waals surface area contributed by atoms with E-state index in [-0.39, 0.29) is 11.3 Å². The van der Waals surface area contributed by atoms with Crippen LogP contribution in [0.5, 0.6) is 0 Å². The lowest BCUT2D eigenvalue weighted by atomic mass is 9.83. The van der Waals surface area contributed by atoms with Gasteiger partial charge in [0.25, 0.3) is 0 Å². The fourth-order valence-corrected chi connectivity index (χ4v) is 2.94. The number of carbonyl (C=O) groups excluding carboxylic acids is 1. The number of benzene rings is 1. The first-order valence-corrected chi connectivity index (χ1v) is 7.72. The fraction of sp³-hybridized carbons (Fsp3) is 0.588. The first-order chi connectivity index (χ1) is 9.68. The van der Waals surface area contributed by atoms with Crippen LogP contribution < -0.4 is 10.6 Å². The molecule has 2 atom stereocenters. The summed E-state index contributed by atoms with van der Waals surface area (Å²) >= 11 is 0. The van der Waals surface area contributed by atoms with Crippen LogP contribution in [-0.2, 0) is 4.79 Å². The molecule has 1 aliphatic rings. The van der Waals surface area contributed by atoms with Gasteiger partial charge in [0.2, 0.25) is 5.91 Å². The number of hydrogen-bond donors (Lipinski definition) is 2. The van der Waals surface area contributed by atoms with Gasteiger partial charge in [-0.2, -0.15) is 0 Å².